The highest BCUT2D eigenvalue weighted by atomic mass is 16.6. The second-order valence-corrected chi connectivity index (χ2v) is 9.73. The van der Waals surface area contributed by atoms with E-state index in [9.17, 15) is 14.4 Å². The van der Waals surface area contributed by atoms with Crippen LogP contribution < -0.4 is 10.2 Å². The summed E-state index contributed by atoms with van der Waals surface area (Å²) in [6.45, 7) is 7.22. The monoisotopic (exact) mass is 480 g/mol. The van der Waals surface area contributed by atoms with Crippen molar-refractivity contribution in [3.8, 4) is 0 Å². The van der Waals surface area contributed by atoms with Crippen molar-refractivity contribution in [1.29, 1.82) is 0 Å². The summed E-state index contributed by atoms with van der Waals surface area (Å²) < 4.78 is 10.8. The Morgan fingerprint density at radius 2 is 1.77 bits per heavy atom. The van der Waals surface area contributed by atoms with Crippen molar-refractivity contribution in [2.75, 3.05) is 18.1 Å². The SMILES string of the molecule is CCOC(=O)[C@@H](CCc1ccccc1)N[C@@H]1CCc2ccccc2N(CC(=O)OC(C)(C)C)C1=O. The van der Waals surface area contributed by atoms with Gasteiger partial charge < -0.3 is 9.47 Å². The molecule has 1 heterocycles. The van der Waals surface area contributed by atoms with E-state index in [-0.39, 0.29) is 25.0 Å². The smallest absolute Gasteiger partial charge is 0.326 e. The molecule has 0 bridgehead atoms. The Kier molecular flexibility index (Phi) is 9.04. The highest BCUT2D eigenvalue weighted by molar-refractivity contribution is 6.02. The molecule has 2 aromatic carbocycles. The molecule has 0 saturated carbocycles. The van der Waals surface area contributed by atoms with Gasteiger partial charge in [0.1, 0.15) is 18.2 Å². The largest absolute Gasteiger partial charge is 0.465 e. The number of carbonyl (C=O) groups is 3. The van der Waals surface area contributed by atoms with Crippen molar-refractivity contribution in [2.45, 2.75) is 71.1 Å². The Balaban J connectivity index is 1.81. The molecule has 0 fully saturated rings. The third-order valence-electron chi connectivity index (χ3n) is 5.79. The number of hydrogen-bond donors (Lipinski definition) is 1. The average Bonchev–Trinajstić information content (AvgIpc) is 2.93. The number of fused-ring (bicyclic) bond motifs is 1. The molecule has 0 saturated heterocycles. The maximum absolute atomic E-state index is 13.7. The van der Waals surface area contributed by atoms with Crippen LogP contribution in [0, 0.1) is 0 Å². The second kappa shape index (κ2) is 12.0. The van der Waals surface area contributed by atoms with Crippen molar-refractivity contribution >= 4 is 23.5 Å². The Labute approximate surface area is 207 Å². The number of aryl methyl sites for hydroxylation is 2. The standard InChI is InChI=1S/C28H36N2O5/c1-5-34-27(33)23(17-15-20-11-7-6-8-12-20)29-22-18-16-21-13-9-10-14-24(21)30(26(22)32)19-25(31)35-28(2,3)4/h6-14,22-23,29H,5,15-19H2,1-4H3/t22-,23-/m1/s1. The lowest BCUT2D eigenvalue weighted by Gasteiger charge is -2.29. The number of esters is 2. The average molecular weight is 481 g/mol. The van der Waals surface area contributed by atoms with Crippen LogP contribution in [-0.4, -0.2) is 48.7 Å². The van der Waals surface area contributed by atoms with E-state index in [0.29, 0.717) is 31.4 Å². The van der Waals surface area contributed by atoms with Crippen molar-refractivity contribution in [2.24, 2.45) is 0 Å². The molecule has 35 heavy (non-hydrogen) atoms. The fraction of sp³-hybridized carbons (Fsp3) is 0.464. The molecule has 7 heteroatoms. The first-order valence-corrected chi connectivity index (χ1v) is 12.3. The molecule has 7 nitrogen and oxygen atoms in total. The summed E-state index contributed by atoms with van der Waals surface area (Å²) in [5, 5.41) is 3.27. The van der Waals surface area contributed by atoms with Crippen LogP contribution in [0.4, 0.5) is 5.69 Å². The van der Waals surface area contributed by atoms with E-state index in [4.69, 9.17) is 9.47 Å². The zero-order valence-corrected chi connectivity index (χ0v) is 21.1. The fourth-order valence-corrected chi connectivity index (χ4v) is 4.25. The van der Waals surface area contributed by atoms with E-state index in [0.717, 1.165) is 11.1 Å². The quantitative estimate of drug-likeness (QED) is 0.549. The molecule has 0 aliphatic carbocycles. The fourth-order valence-electron chi connectivity index (χ4n) is 4.25. The summed E-state index contributed by atoms with van der Waals surface area (Å²) in [7, 11) is 0. The zero-order valence-electron chi connectivity index (χ0n) is 21.1. The number of nitrogens with one attached hydrogen (secondary N) is 1. The first-order chi connectivity index (χ1) is 16.7. The third kappa shape index (κ3) is 7.65. The van der Waals surface area contributed by atoms with Gasteiger partial charge in [-0.05, 0) is 70.6 Å². The van der Waals surface area contributed by atoms with Gasteiger partial charge in [-0.15, -0.1) is 0 Å². The van der Waals surface area contributed by atoms with E-state index >= 15 is 0 Å². The Morgan fingerprint density at radius 1 is 1.09 bits per heavy atom. The number of carbonyl (C=O) groups excluding carboxylic acids is 3. The van der Waals surface area contributed by atoms with Crippen molar-refractivity contribution in [3.05, 3.63) is 65.7 Å². The van der Waals surface area contributed by atoms with E-state index in [1.807, 2.05) is 54.6 Å². The lowest BCUT2D eigenvalue weighted by Crippen LogP contribution is -2.53. The lowest BCUT2D eigenvalue weighted by atomic mass is 10.0. The summed E-state index contributed by atoms with van der Waals surface area (Å²) >= 11 is 0. The highest BCUT2D eigenvalue weighted by Gasteiger charge is 2.35. The normalized spacial score (nSPS) is 16.7. The predicted octanol–water partition coefficient (Wildman–Crippen LogP) is 3.83. The van der Waals surface area contributed by atoms with Gasteiger partial charge in [0, 0.05) is 5.69 Å². The molecule has 0 aromatic heterocycles. The van der Waals surface area contributed by atoms with Crippen LogP contribution in [0.5, 0.6) is 0 Å². The van der Waals surface area contributed by atoms with Gasteiger partial charge in [0.25, 0.3) is 0 Å². The van der Waals surface area contributed by atoms with E-state index < -0.39 is 23.7 Å². The van der Waals surface area contributed by atoms with Gasteiger partial charge in [0.15, 0.2) is 0 Å². The number of ether oxygens (including phenoxy) is 2. The number of anilines is 1. The molecule has 0 radical (unpaired) electrons. The van der Waals surface area contributed by atoms with Crippen LogP contribution in [0.25, 0.3) is 0 Å². The molecule has 2 atom stereocenters. The summed E-state index contributed by atoms with van der Waals surface area (Å²) in [6.07, 6.45) is 2.30. The molecule has 1 aliphatic heterocycles. The number of nitrogens with zero attached hydrogens (tertiary/aromatic N) is 1. The van der Waals surface area contributed by atoms with Crippen molar-refractivity contribution in [1.82, 2.24) is 5.32 Å². The number of rotatable bonds is 9. The first kappa shape index (κ1) is 26.4. The first-order valence-electron chi connectivity index (χ1n) is 12.3. The summed E-state index contributed by atoms with van der Waals surface area (Å²) in [5.41, 5.74) is 2.13. The molecule has 2 aromatic rings. The van der Waals surface area contributed by atoms with E-state index in [1.165, 1.54) is 4.90 Å². The minimum Gasteiger partial charge on any atom is -0.465 e. The summed E-state index contributed by atoms with van der Waals surface area (Å²) in [6, 6.07) is 16.2. The second-order valence-electron chi connectivity index (χ2n) is 9.73. The number of para-hydroxylation sites is 1. The van der Waals surface area contributed by atoms with Gasteiger partial charge >= 0.3 is 11.9 Å². The van der Waals surface area contributed by atoms with E-state index in [1.54, 1.807) is 27.7 Å². The zero-order chi connectivity index (χ0) is 25.4. The Hall–Kier alpha value is -3.19. The molecular formula is C28H36N2O5. The molecule has 188 valence electrons. The third-order valence-corrected chi connectivity index (χ3v) is 5.79. The van der Waals surface area contributed by atoms with E-state index in [2.05, 4.69) is 5.32 Å². The minimum atomic E-state index is -0.657. The minimum absolute atomic E-state index is 0.195. The molecule has 3 rings (SSSR count). The van der Waals surface area contributed by atoms with Gasteiger partial charge in [-0.3, -0.25) is 24.6 Å². The topological polar surface area (TPSA) is 84.9 Å². The van der Waals surface area contributed by atoms with Gasteiger partial charge in [0.05, 0.1) is 12.6 Å². The number of benzene rings is 2. The number of hydrogen-bond acceptors (Lipinski definition) is 6. The molecule has 0 spiro atoms. The van der Waals surface area contributed by atoms with Crippen LogP contribution in [0.3, 0.4) is 0 Å². The maximum Gasteiger partial charge on any atom is 0.326 e. The van der Waals surface area contributed by atoms with Gasteiger partial charge in [0.2, 0.25) is 5.91 Å². The van der Waals surface area contributed by atoms with Gasteiger partial charge in [-0.1, -0.05) is 48.5 Å². The molecule has 1 amide bonds. The van der Waals surface area contributed by atoms with Crippen LogP contribution in [0.15, 0.2) is 54.6 Å². The van der Waals surface area contributed by atoms with Gasteiger partial charge in [-0.25, -0.2) is 0 Å². The maximum atomic E-state index is 13.7. The summed E-state index contributed by atoms with van der Waals surface area (Å²) in [4.78, 5) is 40.6. The van der Waals surface area contributed by atoms with Crippen LogP contribution >= 0.6 is 0 Å². The molecule has 1 N–H and O–H groups in total. The Morgan fingerprint density at radius 3 is 2.46 bits per heavy atom. The van der Waals surface area contributed by atoms with Crippen molar-refractivity contribution < 1.29 is 23.9 Å². The van der Waals surface area contributed by atoms with Crippen LogP contribution in [-0.2, 0) is 36.7 Å². The molecule has 0 unspecified atom stereocenters. The molecular weight excluding hydrogens is 444 g/mol. The molecule has 1 aliphatic rings. The number of amides is 1. The Bertz CT molecular complexity index is 1020. The highest BCUT2D eigenvalue weighted by Crippen LogP contribution is 2.27. The predicted molar refractivity (Wildman–Crippen MR) is 135 cm³/mol. The summed E-state index contributed by atoms with van der Waals surface area (Å²) in [5.74, 6) is -1.11. The van der Waals surface area contributed by atoms with Crippen LogP contribution in [0.1, 0.15) is 51.7 Å². The van der Waals surface area contributed by atoms with Gasteiger partial charge in [-0.2, -0.15) is 0 Å². The lowest BCUT2D eigenvalue weighted by molar-refractivity contribution is -0.154. The van der Waals surface area contributed by atoms with Crippen LogP contribution in [0.2, 0.25) is 0 Å². The van der Waals surface area contributed by atoms with Crippen molar-refractivity contribution in [3.63, 3.8) is 0 Å².